The van der Waals surface area contributed by atoms with Gasteiger partial charge in [-0.3, -0.25) is 0 Å². The van der Waals surface area contributed by atoms with Crippen LogP contribution in [0.3, 0.4) is 0 Å². The number of hydrogen-bond donors (Lipinski definition) is 2. The standard InChI is InChI=1S/C15H15F2NO/c16-13-6-11(7-14(17)9-13)4-5-18-10-12-2-1-3-15(19)8-12/h1-3,6-9,18-19H,4-5,10H2. The van der Waals surface area contributed by atoms with Crippen molar-refractivity contribution in [3.05, 3.63) is 65.2 Å². The largest absolute Gasteiger partial charge is 0.508 e. The van der Waals surface area contributed by atoms with Gasteiger partial charge in [0.15, 0.2) is 0 Å². The molecule has 0 aliphatic carbocycles. The molecule has 0 bridgehead atoms. The van der Waals surface area contributed by atoms with Gasteiger partial charge in [0.1, 0.15) is 17.4 Å². The van der Waals surface area contributed by atoms with E-state index in [1.54, 1.807) is 18.2 Å². The van der Waals surface area contributed by atoms with Crippen LogP contribution in [0.15, 0.2) is 42.5 Å². The molecule has 0 atom stereocenters. The summed E-state index contributed by atoms with van der Waals surface area (Å²) >= 11 is 0. The Morgan fingerprint density at radius 1 is 0.947 bits per heavy atom. The molecule has 0 radical (unpaired) electrons. The number of hydrogen-bond acceptors (Lipinski definition) is 2. The van der Waals surface area contributed by atoms with E-state index in [-0.39, 0.29) is 5.75 Å². The number of phenolic OH excluding ortho intramolecular Hbond substituents is 1. The van der Waals surface area contributed by atoms with E-state index in [0.717, 1.165) is 11.6 Å². The lowest BCUT2D eigenvalue weighted by molar-refractivity contribution is 0.474. The first-order valence-corrected chi connectivity index (χ1v) is 6.07. The van der Waals surface area contributed by atoms with Crippen LogP contribution in [-0.2, 0) is 13.0 Å². The van der Waals surface area contributed by atoms with Crippen molar-refractivity contribution >= 4 is 0 Å². The highest BCUT2D eigenvalue weighted by Crippen LogP contribution is 2.11. The van der Waals surface area contributed by atoms with Crippen LogP contribution in [0.25, 0.3) is 0 Å². The molecule has 0 amide bonds. The molecular weight excluding hydrogens is 248 g/mol. The maximum absolute atomic E-state index is 13.0. The van der Waals surface area contributed by atoms with E-state index in [1.807, 2.05) is 6.07 Å². The summed E-state index contributed by atoms with van der Waals surface area (Å²) in [5, 5.41) is 12.5. The Morgan fingerprint density at radius 2 is 1.68 bits per heavy atom. The average molecular weight is 263 g/mol. The monoisotopic (exact) mass is 263 g/mol. The second-order valence-electron chi connectivity index (χ2n) is 4.37. The van der Waals surface area contributed by atoms with Gasteiger partial charge in [0.2, 0.25) is 0 Å². The van der Waals surface area contributed by atoms with E-state index in [1.165, 1.54) is 12.1 Å². The molecule has 0 aromatic heterocycles. The molecule has 0 saturated heterocycles. The third kappa shape index (κ3) is 4.34. The fourth-order valence-corrected chi connectivity index (χ4v) is 1.89. The van der Waals surface area contributed by atoms with E-state index < -0.39 is 11.6 Å². The van der Waals surface area contributed by atoms with Crippen LogP contribution >= 0.6 is 0 Å². The minimum Gasteiger partial charge on any atom is -0.508 e. The van der Waals surface area contributed by atoms with Crippen LogP contribution in [0, 0.1) is 11.6 Å². The molecule has 2 nitrogen and oxygen atoms in total. The lowest BCUT2D eigenvalue weighted by atomic mass is 10.1. The van der Waals surface area contributed by atoms with Gasteiger partial charge in [-0.15, -0.1) is 0 Å². The van der Waals surface area contributed by atoms with Gasteiger partial charge in [0, 0.05) is 12.6 Å². The molecular formula is C15H15F2NO. The third-order valence-corrected chi connectivity index (χ3v) is 2.75. The highest BCUT2D eigenvalue weighted by molar-refractivity contribution is 5.27. The van der Waals surface area contributed by atoms with Gasteiger partial charge in [-0.05, 0) is 48.4 Å². The highest BCUT2D eigenvalue weighted by atomic mass is 19.1. The molecule has 2 rings (SSSR count). The molecule has 2 aromatic rings. The maximum Gasteiger partial charge on any atom is 0.126 e. The third-order valence-electron chi connectivity index (χ3n) is 2.75. The predicted octanol–water partition coefficient (Wildman–Crippen LogP) is 3.00. The van der Waals surface area contributed by atoms with Gasteiger partial charge in [-0.1, -0.05) is 12.1 Å². The Morgan fingerprint density at radius 3 is 2.37 bits per heavy atom. The summed E-state index contributed by atoms with van der Waals surface area (Å²) in [6.07, 6.45) is 0.549. The summed E-state index contributed by atoms with van der Waals surface area (Å²) in [6, 6.07) is 10.5. The van der Waals surface area contributed by atoms with Gasteiger partial charge in [-0.25, -0.2) is 8.78 Å². The fourth-order valence-electron chi connectivity index (χ4n) is 1.89. The molecule has 0 unspecified atom stereocenters. The van der Waals surface area contributed by atoms with Crippen molar-refractivity contribution in [2.75, 3.05) is 6.54 Å². The molecule has 100 valence electrons. The highest BCUT2D eigenvalue weighted by Gasteiger charge is 2.00. The van der Waals surface area contributed by atoms with Crippen LogP contribution < -0.4 is 5.32 Å². The van der Waals surface area contributed by atoms with Crippen LogP contribution in [0.5, 0.6) is 5.75 Å². The molecule has 2 N–H and O–H groups in total. The van der Waals surface area contributed by atoms with Gasteiger partial charge in [0.05, 0.1) is 0 Å². The van der Waals surface area contributed by atoms with Crippen LogP contribution in [0.2, 0.25) is 0 Å². The summed E-state index contributed by atoms with van der Waals surface area (Å²) in [6.45, 7) is 1.21. The molecule has 2 aromatic carbocycles. The molecule has 4 heteroatoms. The molecule has 0 heterocycles. The molecule has 0 aliphatic heterocycles. The second kappa shape index (κ2) is 6.29. The SMILES string of the molecule is Oc1cccc(CNCCc2cc(F)cc(F)c2)c1. The molecule has 19 heavy (non-hydrogen) atoms. The average Bonchev–Trinajstić information content (AvgIpc) is 2.34. The number of nitrogens with one attached hydrogen (secondary N) is 1. The van der Waals surface area contributed by atoms with E-state index in [2.05, 4.69) is 5.32 Å². The summed E-state index contributed by atoms with van der Waals surface area (Å²) < 4.78 is 25.9. The first kappa shape index (κ1) is 13.5. The first-order valence-electron chi connectivity index (χ1n) is 6.07. The Kier molecular flexibility index (Phi) is 4.47. The zero-order chi connectivity index (χ0) is 13.7. The van der Waals surface area contributed by atoms with Crippen molar-refractivity contribution in [2.24, 2.45) is 0 Å². The van der Waals surface area contributed by atoms with Crippen molar-refractivity contribution in [1.29, 1.82) is 0 Å². The summed E-state index contributed by atoms with van der Waals surface area (Å²) in [7, 11) is 0. The molecule has 0 saturated carbocycles. The summed E-state index contributed by atoms with van der Waals surface area (Å²) in [4.78, 5) is 0. The number of benzene rings is 2. The van der Waals surface area contributed by atoms with Gasteiger partial charge in [0.25, 0.3) is 0 Å². The van der Waals surface area contributed by atoms with Crippen LogP contribution in [0.4, 0.5) is 8.78 Å². The van der Waals surface area contributed by atoms with Crippen LogP contribution in [0.1, 0.15) is 11.1 Å². The summed E-state index contributed by atoms with van der Waals surface area (Å²) in [5.74, 6) is -0.877. The van der Waals surface area contributed by atoms with E-state index in [4.69, 9.17) is 0 Å². The topological polar surface area (TPSA) is 32.3 Å². The number of rotatable bonds is 5. The van der Waals surface area contributed by atoms with Crippen molar-refractivity contribution in [3.63, 3.8) is 0 Å². The molecule has 0 aliphatic rings. The minimum absolute atomic E-state index is 0.228. The first-order chi connectivity index (χ1) is 9.13. The predicted molar refractivity (Wildman–Crippen MR) is 69.9 cm³/mol. The Bertz CT molecular complexity index is 537. The van der Waals surface area contributed by atoms with Gasteiger partial charge < -0.3 is 10.4 Å². The van der Waals surface area contributed by atoms with E-state index in [0.29, 0.717) is 25.1 Å². The van der Waals surface area contributed by atoms with Gasteiger partial charge in [-0.2, -0.15) is 0 Å². The lowest BCUT2D eigenvalue weighted by Crippen LogP contribution is -2.16. The van der Waals surface area contributed by atoms with Crippen molar-refractivity contribution in [3.8, 4) is 5.75 Å². The van der Waals surface area contributed by atoms with E-state index in [9.17, 15) is 13.9 Å². The van der Waals surface area contributed by atoms with Gasteiger partial charge >= 0.3 is 0 Å². The van der Waals surface area contributed by atoms with Crippen molar-refractivity contribution < 1.29 is 13.9 Å². The zero-order valence-electron chi connectivity index (χ0n) is 10.4. The molecule has 0 fully saturated rings. The molecule has 0 spiro atoms. The Balaban J connectivity index is 1.80. The van der Waals surface area contributed by atoms with Crippen molar-refractivity contribution in [2.45, 2.75) is 13.0 Å². The van der Waals surface area contributed by atoms with Crippen LogP contribution in [-0.4, -0.2) is 11.7 Å². The smallest absolute Gasteiger partial charge is 0.126 e. The minimum atomic E-state index is -0.553. The lowest BCUT2D eigenvalue weighted by Gasteiger charge is -2.06. The number of halogens is 2. The fraction of sp³-hybridized carbons (Fsp3) is 0.200. The Labute approximate surface area is 110 Å². The zero-order valence-corrected chi connectivity index (χ0v) is 10.4. The normalized spacial score (nSPS) is 10.6. The number of phenols is 1. The second-order valence-corrected chi connectivity index (χ2v) is 4.37. The summed E-state index contributed by atoms with van der Waals surface area (Å²) in [5.41, 5.74) is 1.59. The van der Waals surface area contributed by atoms with Crippen molar-refractivity contribution in [1.82, 2.24) is 5.32 Å². The number of aromatic hydroxyl groups is 1. The Hall–Kier alpha value is -1.94. The maximum atomic E-state index is 13.0. The van der Waals surface area contributed by atoms with E-state index >= 15 is 0 Å². The quantitative estimate of drug-likeness (QED) is 0.813.